The van der Waals surface area contributed by atoms with Gasteiger partial charge >= 0.3 is 0 Å². The van der Waals surface area contributed by atoms with Gasteiger partial charge in [0.2, 0.25) is 10.0 Å². The van der Waals surface area contributed by atoms with Crippen molar-refractivity contribution in [3.8, 4) is 11.8 Å². The van der Waals surface area contributed by atoms with Gasteiger partial charge in [-0.1, -0.05) is 6.42 Å². The number of halogens is 1. The van der Waals surface area contributed by atoms with E-state index in [4.69, 9.17) is 10.00 Å². The van der Waals surface area contributed by atoms with E-state index in [1.165, 1.54) is 37.7 Å². The fourth-order valence-electron chi connectivity index (χ4n) is 4.08. The van der Waals surface area contributed by atoms with Crippen molar-refractivity contribution in [2.45, 2.75) is 24.2 Å². The first kappa shape index (κ1) is 24.0. The van der Waals surface area contributed by atoms with Gasteiger partial charge in [0.15, 0.2) is 0 Å². The van der Waals surface area contributed by atoms with E-state index in [2.05, 4.69) is 4.72 Å². The highest BCUT2D eigenvalue weighted by atomic mass is 32.2. The third-order valence-corrected chi connectivity index (χ3v) is 7.88. The van der Waals surface area contributed by atoms with Crippen molar-refractivity contribution in [3.63, 3.8) is 0 Å². The molecule has 2 aromatic carbocycles. The minimum absolute atomic E-state index is 0.000961. The van der Waals surface area contributed by atoms with Gasteiger partial charge < -0.3 is 14.5 Å². The Morgan fingerprint density at radius 1 is 1.18 bits per heavy atom. The van der Waals surface area contributed by atoms with Gasteiger partial charge in [0.1, 0.15) is 17.6 Å². The molecule has 0 radical (unpaired) electrons. The minimum atomic E-state index is -3.72. The van der Waals surface area contributed by atoms with Crippen LogP contribution in [0.25, 0.3) is 0 Å². The normalized spacial score (nSPS) is 16.6. The number of benzene rings is 2. The van der Waals surface area contributed by atoms with E-state index in [-0.39, 0.29) is 21.9 Å². The van der Waals surface area contributed by atoms with E-state index in [1.54, 1.807) is 17.0 Å². The second-order valence-corrected chi connectivity index (χ2v) is 10.4. The Morgan fingerprint density at radius 3 is 2.50 bits per heavy atom. The number of hydrogen-bond donors (Lipinski definition) is 1. The lowest BCUT2D eigenvalue weighted by molar-refractivity contribution is 0.0739. The number of nitriles is 1. The predicted molar refractivity (Wildman–Crippen MR) is 125 cm³/mol. The molecule has 0 spiro atoms. The molecule has 2 aromatic rings. The lowest BCUT2D eigenvalue weighted by Crippen LogP contribution is -2.49. The number of amides is 1. The van der Waals surface area contributed by atoms with Crippen molar-refractivity contribution < 1.29 is 22.3 Å². The number of nitrogens with zero attached hydrogens (tertiary/aromatic N) is 3. The SMILES string of the molecule is CNS(=O)(=O)c1ccc(OCC2CCC2)c(C(=O)N2CCN(c3ccc(C#N)c(F)c3)CC2)c1. The van der Waals surface area contributed by atoms with E-state index in [1.807, 2.05) is 11.0 Å². The molecular weight excluding hydrogens is 459 g/mol. The van der Waals surface area contributed by atoms with Crippen molar-refractivity contribution >= 4 is 21.6 Å². The van der Waals surface area contributed by atoms with Crippen molar-refractivity contribution in [1.29, 1.82) is 5.26 Å². The van der Waals surface area contributed by atoms with Crippen LogP contribution in [0.5, 0.6) is 5.75 Å². The number of ether oxygens (including phenoxy) is 1. The standard InChI is InChI=1S/C24H27FN4O4S/c1-27-34(31,32)20-7-8-23(33-16-17-3-2-4-17)21(14-20)24(30)29-11-9-28(10-12-29)19-6-5-18(15-26)22(25)13-19/h5-8,13-14,17,27H,2-4,9-12,16H2,1H3. The zero-order chi connectivity index (χ0) is 24.3. The van der Waals surface area contributed by atoms with Gasteiger partial charge in [0, 0.05) is 31.9 Å². The second-order valence-electron chi connectivity index (χ2n) is 8.53. The van der Waals surface area contributed by atoms with Crippen LogP contribution in [0.1, 0.15) is 35.2 Å². The van der Waals surface area contributed by atoms with Crippen molar-refractivity contribution in [3.05, 3.63) is 53.3 Å². The summed E-state index contributed by atoms with van der Waals surface area (Å²) in [5, 5.41) is 8.92. The third kappa shape index (κ3) is 5.00. The maximum atomic E-state index is 14.0. The Kier molecular flexibility index (Phi) is 7.05. The van der Waals surface area contributed by atoms with Crippen molar-refractivity contribution in [1.82, 2.24) is 9.62 Å². The first-order chi connectivity index (χ1) is 16.3. The van der Waals surface area contributed by atoms with E-state index in [0.717, 1.165) is 12.8 Å². The second kappa shape index (κ2) is 9.99. The summed E-state index contributed by atoms with van der Waals surface area (Å²) in [4.78, 5) is 17.0. The maximum absolute atomic E-state index is 14.0. The van der Waals surface area contributed by atoms with E-state index in [9.17, 15) is 17.6 Å². The third-order valence-electron chi connectivity index (χ3n) is 6.46. The number of rotatable bonds is 7. The van der Waals surface area contributed by atoms with Crippen LogP contribution in [0.2, 0.25) is 0 Å². The highest BCUT2D eigenvalue weighted by Crippen LogP contribution is 2.30. The van der Waals surface area contributed by atoms with Crippen LogP contribution in [0, 0.1) is 23.1 Å². The topological polar surface area (TPSA) is 103 Å². The van der Waals surface area contributed by atoms with Gasteiger partial charge in [-0.25, -0.2) is 17.5 Å². The fourth-order valence-corrected chi connectivity index (χ4v) is 4.84. The summed E-state index contributed by atoms with van der Waals surface area (Å²) >= 11 is 0. The van der Waals surface area contributed by atoms with Crippen LogP contribution in [0.15, 0.2) is 41.3 Å². The molecule has 8 nitrogen and oxygen atoms in total. The van der Waals surface area contributed by atoms with E-state index >= 15 is 0 Å². The Balaban J connectivity index is 1.51. The number of piperazine rings is 1. The van der Waals surface area contributed by atoms with Crippen LogP contribution in [0.3, 0.4) is 0 Å². The van der Waals surface area contributed by atoms with Crippen LogP contribution < -0.4 is 14.4 Å². The molecule has 10 heteroatoms. The Morgan fingerprint density at radius 2 is 1.91 bits per heavy atom. The molecular formula is C24H27FN4O4S. The van der Waals surface area contributed by atoms with Gasteiger partial charge in [0.05, 0.1) is 22.6 Å². The van der Waals surface area contributed by atoms with Crippen molar-refractivity contribution in [2.24, 2.45) is 5.92 Å². The van der Waals surface area contributed by atoms with Crippen LogP contribution in [0.4, 0.5) is 10.1 Å². The quantitative estimate of drug-likeness (QED) is 0.646. The number of carbonyl (C=O) groups excluding carboxylic acids is 1. The number of hydrogen-bond acceptors (Lipinski definition) is 6. The average molecular weight is 487 g/mol. The molecule has 4 rings (SSSR count). The van der Waals surface area contributed by atoms with Gasteiger partial charge in [-0.3, -0.25) is 4.79 Å². The van der Waals surface area contributed by atoms with E-state index in [0.29, 0.717) is 50.1 Å². The van der Waals surface area contributed by atoms with Crippen LogP contribution in [-0.2, 0) is 10.0 Å². The zero-order valence-corrected chi connectivity index (χ0v) is 19.8. The molecule has 2 aliphatic rings. The summed E-state index contributed by atoms with van der Waals surface area (Å²) in [5.41, 5.74) is 0.854. The highest BCUT2D eigenvalue weighted by Gasteiger charge is 2.27. The first-order valence-electron chi connectivity index (χ1n) is 11.3. The smallest absolute Gasteiger partial charge is 0.257 e. The zero-order valence-electron chi connectivity index (χ0n) is 19.0. The molecule has 2 fully saturated rings. The molecule has 34 heavy (non-hydrogen) atoms. The summed E-state index contributed by atoms with van der Waals surface area (Å²) in [6.07, 6.45) is 3.35. The highest BCUT2D eigenvalue weighted by molar-refractivity contribution is 7.89. The maximum Gasteiger partial charge on any atom is 0.257 e. The Bertz CT molecular complexity index is 1220. The number of carbonyl (C=O) groups is 1. The Labute approximate surface area is 199 Å². The molecule has 0 unspecified atom stereocenters. The fraction of sp³-hybridized carbons (Fsp3) is 0.417. The van der Waals surface area contributed by atoms with Crippen LogP contribution in [-0.4, -0.2) is 59.1 Å². The summed E-state index contributed by atoms with van der Waals surface area (Å²) in [6, 6.07) is 10.6. The van der Waals surface area contributed by atoms with Gasteiger partial charge in [-0.2, -0.15) is 5.26 Å². The largest absolute Gasteiger partial charge is 0.492 e. The molecule has 1 saturated carbocycles. The molecule has 1 aliphatic carbocycles. The average Bonchev–Trinajstić information content (AvgIpc) is 2.82. The summed E-state index contributed by atoms with van der Waals surface area (Å²) in [7, 11) is -2.40. The molecule has 0 bridgehead atoms. The van der Waals surface area contributed by atoms with Gasteiger partial charge in [-0.05, 0) is 62.2 Å². The molecule has 1 heterocycles. The summed E-state index contributed by atoms with van der Waals surface area (Å²) in [6.45, 7) is 2.21. The lowest BCUT2D eigenvalue weighted by Gasteiger charge is -2.36. The number of anilines is 1. The molecule has 0 atom stereocenters. The molecule has 1 saturated heterocycles. The first-order valence-corrected chi connectivity index (χ1v) is 12.7. The summed E-state index contributed by atoms with van der Waals surface area (Å²) in [5.74, 6) is -0.0414. The molecule has 1 aliphatic heterocycles. The number of sulfonamides is 1. The van der Waals surface area contributed by atoms with E-state index < -0.39 is 15.8 Å². The summed E-state index contributed by atoms with van der Waals surface area (Å²) < 4.78 is 46.9. The van der Waals surface area contributed by atoms with Gasteiger partial charge in [0.25, 0.3) is 5.91 Å². The molecule has 1 N–H and O–H groups in total. The molecule has 1 amide bonds. The molecule has 0 aromatic heterocycles. The predicted octanol–water partition coefficient (Wildman–Crippen LogP) is 2.75. The molecule has 180 valence electrons. The number of nitrogens with one attached hydrogen (secondary N) is 1. The Hall–Kier alpha value is -3.16. The van der Waals surface area contributed by atoms with Gasteiger partial charge in [-0.15, -0.1) is 0 Å². The monoisotopic (exact) mass is 486 g/mol. The van der Waals surface area contributed by atoms with Crippen LogP contribution >= 0.6 is 0 Å². The minimum Gasteiger partial charge on any atom is -0.492 e. The van der Waals surface area contributed by atoms with Crippen molar-refractivity contribution in [2.75, 3.05) is 44.7 Å². The lowest BCUT2D eigenvalue weighted by atomic mass is 9.86.